The van der Waals surface area contributed by atoms with Crippen molar-refractivity contribution >= 4 is 11.6 Å². The van der Waals surface area contributed by atoms with Gasteiger partial charge >= 0.3 is 0 Å². The van der Waals surface area contributed by atoms with E-state index in [1.807, 2.05) is 17.8 Å². The molecule has 1 aromatic carbocycles. The largest absolute Gasteiger partial charge is 0.473 e. The molecule has 1 aromatic heterocycles. The molecule has 0 aliphatic carbocycles. The monoisotopic (exact) mass is 339 g/mol. The molecule has 0 fully saturated rings. The number of aromatic nitrogens is 2. The normalized spacial score (nSPS) is 11.2. The Morgan fingerprint density at radius 3 is 2.65 bits per heavy atom. The summed E-state index contributed by atoms with van der Waals surface area (Å²) in [5.74, 6) is 0.362. The van der Waals surface area contributed by atoms with Gasteiger partial charge in [-0.1, -0.05) is 31.5 Å². The van der Waals surface area contributed by atoms with E-state index >= 15 is 0 Å². The van der Waals surface area contributed by atoms with Crippen molar-refractivity contribution < 1.29 is 9.13 Å². The van der Waals surface area contributed by atoms with E-state index in [1.54, 1.807) is 6.07 Å². The predicted octanol–water partition coefficient (Wildman–Crippen LogP) is 4.34. The molecular formula is C17H23ClFN3O. The molecular weight excluding hydrogens is 317 g/mol. The minimum atomic E-state index is -0.350. The average Bonchev–Trinajstić information content (AvgIpc) is 2.91. The fraction of sp³-hybridized carbons (Fsp3) is 0.471. The van der Waals surface area contributed by atoms with E-state index in [4.69, 9.17) is 16.3 Å². The Bertz CT molecular complexity index is 641. The summed E-state index contributed by atoms with van der Waals surface area (Å²) in [4.78, 5) is 0. The second kappa shape index (κ2) is 8.31. The third kappa shape index (κ3) is 4.45. The van der Waals surface area contributed by atoms with E-state index in [9.17, 15) is 4.39 Å². The highest BCUT2D eigenvalue weighted by Gasteiger charge is 2.16. The molecule has 0 saturated carbocycles. The first-order valence-electron chi connectivity index (χ1n) is 7.88. The molecule has 23 heavy (non-hydrogen) atoms. The van der Waals surface area contributed by atoms with Crippen LogP contribution in [0.15, 0.2) is 24.3 Å². The summed E-state index contributed by atoms with van der Waals surface area (Å²) in [6.45, 7) is 5.23. The van der Waals surface area contributed by atoms with Crippen molar-refractivity contribution in [2.45, 2.75) is 45.9 Å². The van der Waals surface area contributed by atoms with E-state index < -0.39 is 0 Å². The van der Waals surface area contributed by atoms with Crippen molar-refractivity contribution in [3.05, 3.63) is 46.4 Å². The molecule has 0 radical (unpaired) electrons. The number of nitrogens with one attached hydrogen (secondary N) is 1. The Morgan fingerprint density at radius 1 is 1.30 bits per heavy atom. The van der Waals surface area contributed by atoms with Crippen LogP contribution in [0.1, 0.15) is 44.0 Å². The highest BCUT2D eigenvalue weighted by molar-refractivity contribution is 6.31. The Morgan fingerprint density at radius 2 is 2.04 bits per heavy atom. The molecule has 6 heteroatoms. The molecule has 0 aliphatic rings. The smallest absolute Gasteiger partial charge is 0.212 e. The highest BCUT2D eigenvalue weighted by atomic mass is 35.5. The number of nitrogens with zero attached hydrogens (tertiary/aromatic N) is 2. The van der Waals surface area contributed by atoms with Gasteiger partial charge < -0.3 is 10.1 Å². The molecule has 0 unspecified atom stereocenters. The van der Waals surface area contributed by atoms with Gasteiger partial charge in [-0.3, -0.25) is 0 Å². The quantitative estimate of drug-likeness (QED) is 0.777. The number of halogens is 2. The van der Waals surface area contributed by atoms with E-state index in [0.717, 1.165) is 24.1 Å². The molecule has 2 aromatic rings. The maximum Gasteiger partial charge on any atom is 0.212 e. The lowest BCUT2D eigenvalue weighted by Gasteiger charge is -2.17. The first-order chi connectivity index (χ1) is 11.1. The van der Waals surface area contributed by atoms with E-state index in [0.29, 0.717) is 23.5 Å². The van der Waals surface area contributed by atoms with Crippen molar-refractivity contribution in [2.24, 2.45) is 0 Å². The van der Waals surface area contributed by atoms with Crippen LogP contribution in [0.3, 0.4) is 0 Å². The summed E-state index contributed by atoms with van der Waals surface area (Å²) in [7, 11) is 1.88. The zero-order valence-corrected chi connectivity index (χ0v) is 14.5. The van der Waals surface area contributed by atoms with Crippen molar-refractivity contribution in [1.29, 1.82) is 0 Å². The van der Waals surface area contributed by atoms with Crippen molar-refractivity contribution in [1.82, 2.24) is 15.1 Å². The van der Waals surface area contributed by atoms with E-state index in [1.165, 1.54) is 12.1 Å². The summed E-state index contributed by atoms with van der Waals surface area (Å²) in [6.07, 6.45) is 1.95. The molecule has 126 valence electrons. The lowest BCUT2D eigenvalue weighted by atomic mass is 10.2. The summed E-state index contributed by atoms with van der Waals surface area (Å²) in [5.41, 5.74) is 1.68. The third-order valence-electron chi connectivity index (χ3n) is 3.79. The van der Waals surface area contributed by atoms with Crippen molar-refractivity contribution in [3.8, 4) is 5.88 Å². The fourth-order valence-electron chi connectivity index (χ4n) is 2.49. The number of ether oxygens (including phenoxy) is 1. The van der Waals surface area contributed by atoms with Gasteiger partial charge in [0.05, 0.1) is 16.8 Å². The Hall–Kier alpha value is -1.59. The lowest BCUT2D eigenvalue weighted by molar-refractivity contribution is 0.254. The summed E-state index contributed by atoms with van der Waals surface area (Å²) in [5, 5.41) is 8.09. The molecule has 0 spiro atoms. The molecule has 4 nitrogen and oxygen atoms in total. The number of rotatable bonds is 8. The van der Waals surface area contributed by atoms with Gasteiger partial charge in [-0.2, -0.15) is 5.10 Å². The minimum Gasteiger partial charge on any atom is -0.473 e. The second-order valence-electron chi connectivity index (χ2n) is 5.44. The SMILES string of the molecule is CCC(CC)n1nc(CNC)cc1OCc1ccc(F)cc1Cl. The van der Waals surface area contributed by atoms with Gasteiger partial charge in [0.2, 0.25) is 5.88 Å². The molecule has 0 bridgehead atoms. The van der Waals surface area contributed by atoms with E-state index in [-0.39, 0.29) is 12.4 Å². The van der Waals surface area contributed by atoms with Crippen molar-refractivity contribution in [2.75, 3.05) is 7.05 Å². The standard InChI is InChI=1S/C17H23ClFN3O/c1-4-15(5-2)22-17(9-14(21-22)10-20-3)23-11-12-6-7-13(19)8-16(12)18/h6-9,15,20H,4-5,10-11H2,1-3H3. The topological polar surface area (TPSA) is 39.1 Å². The predicted molar refractivity (Wildman–Crippen MR) is 90.4 cm³/mol. The van der Waals surface area contributed by atoms with Crippen LogP contribution < -0.4 is 10.1 Å². The van der Waals surface area contributed by atoms with Gasteiger partial charge in [-0.15, -0.1) is 0 Å². The van der Waals surface area contributed by atoms with Crippen LogP contribution in [-0.2, 0) is 13.2 Å². The van der Waals surface area contributed by atoms with Crippen LogP contribution in [0, 0.1) is 5.82 Å². The lowest BCUT2D eigenvalue weighted by Crippen LogP contribution is -2.12. The van der Waals surface area contributed by atoms with Crippen LogP contribution in [0.5, 0.6) is 5.88 Å². The third-order valence-corrected chi connectivity index (χ3v) is 4.14. The van der Waals surface area contributed by atoms with Crippen molar-refractivity contribution in [3.63, 3.8) is 0 Å². The van der Waals surface area contributed by atoms with Gasteiger partial charge in [0, 0.05) is 18.2 Å². The molecule has 0 atom stereocenters. The van der Waals surface area contributed by atoms with Crippen LogP contribution >= 0.6 is 11.6 Å². The second-order valence-corrected chi connectivity index (χ2v) is 5.85. The molecule has 0 saturated heterocycles. The molecule has 2 rings (SSSR count). The van der Waals surface area contributed by atoms with E-state index in [2.05, 4.69) is 24.3 Å². The minimum absolute atomic E-state index is 0.282. The Kier molecular flexibility index (Phi) is 6.42. The van der Waals surface area contributed by atoms with Gasteiger partial charge in [0.15, 0.2) is 0 Å². The average molecular weight is 340 g/mol. The summed E-state index contributed by atoms with van der Waals surface area (Å²) < 4.78 is 21.0. The highest BCUT2D eigenvalue weighted by Crippen LogP contribution is 2.26. The number of hydrogen-bond donors (Lipinski definition) is 1. The fourth-order valence-corrected chi connectivity index (χ4v) is 2.71. The van der Waals surface area contributed by atoms with Crippen LogP contribution in [0.2, 0.25) is 5.02 Å². The molecule has 1 heterocycles. The first kappa shape index (κ1) is 17.8. The summed E-state index contributed by atoms with van der Waals surface area (Å²) >= 11 is 6.06. The maximum atomic E-state index is 13.1. The molecule has 0 amide bonds. The first-order valence-corrected chi connectivity index (χ1v) is 8.26. The number of benzene rings is 1. The maximum absolute atomic E-state index is 13.1. The van der Waals surface area contributed by atoms with Crippen LogP contribution in [0.25, 0.3) is 0 Å². The van der Waals surface area contributed by atoms with Crippen LogP contribution in [0.4, 0.5) is 4.39 Å². The van der Waals surface area contributed by atoms with Gasteiger partial charge in [-0.05, 0) is 32.0 Å². The van der Waals surface area contributed by atoms with Gasteiger partial charge in [0.1, 0.15) is 12.4 Å². The molecule has 0 aliphatic heterocycles. The Balaban J connectivity index is 2.20. The van der Waals surface area contributed by atoms with Gasteiger partial charge in [0.25, 0.3) is 0 Å². The van der Waals surface area contributed by atoms with Gasteiger partial charge in [-0.25, -0.2) is 9.07 Å². The Labute approximate surface area is 141 Å². The zero-order valence-electron chi connectivity index (χ0n) is 13.8. The zero-order chi connectivity index (χ0) is 16.8. The molecule has 1 N–H and O–H groups in total. The summed E-state index contributed by atoms with van der Waals surface area (Å²) in [6, 6.07) is 6.55. The number of hydrogen-bond acceptors (Lipinski definition) is 3. The van der Waals surface area contributed by atoms with Crippen LogP contribution in [-0.4, -0.2) is 16.8 Å².